The van der Waals surface area contributed by atoms with Crippen LogP contribution in [0.25, 0.3) is 10.7 Å². The van der Waals surface area contributed by atoms with Gasteiger partial charge in [-0.3, -0.25) is 0 Å². The van der Waals surface area contributed by atoms with Gasteiger partial charge in [-0.05, 0) is 54.7 Å². The fourth-order valence-corrected chi connectivity index (χ4v) is 3.91. The zero-order chi connectivity index (χ0) is 13.2. The Kier molecular flexibility index (Phi) is 4.00. The Bertz CT molecular complexity index is 546. The Labute approximate surface area is 124 Å². The number of hydrogen-bond donors (Lipinski definition) is 1. The molecule has 2 aromatic heterocycles. The van der Waals surface area contributed by atoms with E-state index >= 15 is 0 Å². The van der Waals surface area contributed by atoms with Crippen molar-refractivity contribution in [2.75, 3.05) is 7.05 Å². The fraction of sp³-hybridized carbons (Fsp3) is 0.538. The molecule has 19 heavy (non-hydrogen) atoms. The topological polar surface area (TPSA) is 51.0 Å². The molecule has 1 fully saturated rings. The molecule has 2 aromatic rings. The zero-order valence-electron chi connectivity index (χ0n) is 10.7. The van der Waals surface area contributed by atoms with E-state index in [-0.39, 0.29) is 0 Å². The molecule has 0 saturated heterocycles. The van der Waals surface area contributed by atoms with Crippen LogP contribution in [0.2, 0.25) is 0 Å². The maximum atomic E-state index is 5.45. The van der Waals surface area contributed by atoms with Gasteiger partial charge in [-0.15, -0.1) is 11.3 Å². The van der Waals surface area contributed by atoms with E-state index in [0.717, 1.165) is 28.1 Å². The molecule has 0 radical (unpaired) electrons. The number of nitrogens with zero attached hydrogens (tertiary/aromatic N) is 2. The number of rotatable bonds is 3. The minimum atomic E-state index is 0.425. The summed E-state index contributed by atoms with van der Waals surface area (Å²) in [5.41, 5.74) is 0. The molecule has 1 saturated carbocycles. The van der Waals surface area contributed by atoms with Gasteiger partial charge < -0.3 is 9.84 Å². The van der Waals surface area contributed by atoms with Crippen LogP contribution in [0.1, 0.15) is 37.5 Å². The molecule has 6 heteroatoms. The summed E-state index contributed by atoms with van der Waals surface area (Å²) in [5, 5.41) is 9.47. The third-order valence-corrected chi connectivity index (χ3v) is 5.40. The summed E-state index contributed by atoms with van der Waals surface area (Å²) < 4.78 is 6.51. The normalized spacial score (nSPS) is 23.7. The first kappa shape index (κ1) is 13.3. The maximum absolute atomic E-state index is 5.45. The Morgan fingerprint density at radius 2 is 2.16 bits per heavy atom. The first-order valence-corrected chi connectivity index (χ1v) is 8.19. The lowest BCUT2D eigenvalue weighted by Gasteiger charge is -2.25. The molecule has 0 unspecified atom stereocenters. The van der Waals surface area contributed by atoms with Crippen molar-refractivity contribution in [1.29, 1.82) is 0 Å². The van der Waals surface area contributed by atoms with Crippen molar-refractivity contribution in [3.05, 3.63) is 21.8 Å². The van der Waals surface area contributed by atoms with Crippen LogP contribution in [0.5, 0.6) is 0 Å². The molecule has 1 aliphatic rings. The monoisotopic (exact) mass is 341 g/mol. The standard InChI is InChI=1S/C13H16BrN3OS/c1-15-10-4-2-8(3-5-10)13-16-12(17-18-13)11-6-9(14)7-19-11/h6-8,10,15H,2-5H2,1H3. The molecule has 0 aromatic carbocycles. The van der Waals surface area contributed by atoms with Gasteiger partial charge in [0.05, 0.1) is 4.88 Å². The Balaban J connectivity index is 1.72. The van der Waals surface area contributed by atoms with E-state index in [9.17, 15) is 0 Å². The second kappa shape index (κ2) is 5.73. The third-order valence-electron chi connectivity index (χ3n) is 3.71. The van der Waals surface area contributed by atoms with Crippen molar-refractivity contribution in [3.63, 3.8) is 0 Å². The average Bonchev–Trinajstić information content (AvgIpc) is 3.07. The summed E-state index contributed by atoms with van der Waals surface area (Å²) in [6, 6.07) is 2.67. The summed E-state index contributed by atoms with van der Waals surface area (Å²) in [6.07, 6.45) is 4.62. The van der Waals surface area contributed by atoms with Gasteiger partial charge >= 0.3 is 0 Å². The van der Waals surface area contributed by atoms with E-state index < -0.39 is 0 Å². The molecule has 102 valence electrons. The highest BCUT2D eigenvalue weighted by atomic mass is 79.9. The van der Waals surface area contributed by atoms with Crippen LogP contribution in [0.4, 0.5) is 0 Å². The van der Waals surface area contributed by atoms with Gasteiger partial charge in [0.25, 0.3) is 0 Å². The van der Waals surface area contributed by atoms with Gasteiger partial charge in [0, 0.05) is 21.8 Å². The highest BCUT2D eigenvalue weighted by molar-refractivity contribution is 9.10. The molecular formula is C13H16BrN3OS. The van der Waals surface area contributed by atoms with Crippen molar-refractivity contribution in [1.82, 2.24) is 15.5 Å². The van der Waals surface area contributed by atoms with Crippen LogP contribution in [0, 0.1) is 0 Å². The van der Waals surface area contributed by atoms with Gasteiger partial charge in [-0.25, -0.2) is 0 Å². The average molecular weight is 342 g/mol. The predicted molar refractivity (Wildman–Crippen MR) is 79.4 cm³/mol. The molecule has 0 atom stereocenters. The number of thiophene rings is 1. The molecule has 1 N–H and O–H groups in total. The molecule has 0 aliphatic heterocycles. The first-order chi connectivity index (χ1) is 9.26. The second-order valence-corrected chi connectivity index (χ2v) is 6.75. The predicted octanol–water partition coefficient (Wildman–Crippen LogP) is 3.81. The largest absolute Gasteiger partial charge is 0.339 e. The van der Waals surface area contributed by atoms with Crippen LogP contribution < -0.4 is 5.32 Å². The molecule has 0 spiro atoms. The van der Waals surface area contributed by atoms with Crippen molar-refractivity contribution >= 4 is 27.3 Å². The maximum Gasteiger partial charge on any atom is 0.230 e. The minimum absolute atomic E-state index is 0.425. The summed E-state index contributed by atoms with van der Waals surface area (Å²) in [6.45, 7) is 0. The first-order valence-electron chi connectivity index (χ1n) is 6.51. The fourth-order valence-electron chi connectivity index (χ4n) is 2.56. The molecule has 4 nitrogen and oxygen atoms in total. The number of halogens is 1. The quantitative estimate of drug-likeness (QED) is 0.922. The van der Waals surface area contributed by atoms with Gasteiger partial charge in [0.1, 0.15) is 0 Å². The van der Waals surface area contributed by atoms with Crippen LogP contribution in [-0.4, -0.2) is 23.2 Å². The lowest BCUT2D eigenvalue weighted by Crippen LogP contribution is -2.29. The highest BCUT2D eigenvalue weighted by Gasteiger charge is 2.26. The lowest BCUT2D eigenvalue weighted by atomic mass is 9.86. The molecule has 3 rings (SSSR count). The SMILES string of the molecule is CNC1CCC(c2nc(-c3cc(Br)cs3)no2)CC1. The lowest BCUT2D eigenvalue weighted by molar-refractivity contribution is 0.289. The van der Waals surface area contributed by atoms with Crippen molar-refractivity contribution < 1.29 is 4.52 Å². The third kappa shape index (κ3) is 2.90. The highest BCUT2D eigenvalue weighted by Crippen LogP contribution is 2.34. The Morgan fingerprint density at radius 1 is 1.37 bits per heavy atom. The number of aromatic nitrogens is 2. The van der Waals surface area contributed by atoms with E-state index in [1.165, 1.54) is 12.8 Å². The van der Waals surface area contributed by atoms with E-state index in [0.29, 0.717) is 17.8 Å². The van der Waals surface area contributed by atoms with E-state index in [2.05, 4.69) is 31.4 Å². The van der Waals surface area contributed by atoms with Crippen molar-refractivity contribution in [3.8, 4) is 10.7 Å². The van der Waals surface area contributed by atoms with Gasteiger partial charge in [0.2, 0.25) is 11.7 Å². The van der Waals surface area contributed by atoms with E-state index in [1.54, 1.807) is 11.3 Å². The summed E-state index contributed by atoms with van der Waals surface area (Å²) in [4.78, 5) is 5.61. The van der Waals surface area contributed by atoms with Crippen LogP contribution >= 0.6 is 27.3 Å². The molecule has 0 bridgehead atoms. The molecule has 1 aliphatic carbocycles. The van der Waals surface area contributed by atoms with Crippen LogP contribution in [0.15, 0.2) is 20.4 Å². The number of hydrogen-bond acceptors (Lipinski definition) is 5. The summed E-state index contributed by atoms with van der Waals surface area (Å²) >= 11 is 5.07. The van der Waals surface area contributed by atoms with Crippen molar-refractivity contribution in [2.24, 2.45) is 0 Å². The molecule has 0 amide bonds. The summed E-state index contributed by atoms with van der Waals surface area (Å²) in [7, 11) is 2.03. The second-order valence-electron chi connectivity index (χ2n) is 4.92. The van der Waals surface area contributed by atoms with Gasteiger partial charge in [-0.2, -0.15) is 4.98 Å². The van der Waals surface area contributed by atoms with Crippen LogP contribution in [0.3, 0.4) is 0 Å². The molecular weight excluding hydrogens is 326 g/mol. The van der Waals surface area contributed by atoms with Crippen molar-refractivity contribution in [2.45, 2.75) is 37.6 Å². The van der Waals surface area contributed by atoms with Gasteiger partial charge in [0.15, 0.2) is 0 Å². The van der Waals surface area contributed by atoms with Gasteiger partial charge in [-0.1, -0.05) is 5.16 Å². The van der Waals surface area contributed by atoms with Crippen LogP contribution in [-0.2, 0) is 0 Å². The Hall–Kier alpha value is -0.720. The zero-order valence-corrected chi connectivity index (χ0v) is 13.1. The number of nitrogens with one attached hydrogen (secondary N) is 1. The smallest absolute Gasteiger partial charge is 0.230 e. The van der Waals surface area contributed by atoms with E-state index in [1.807, 2.05) is 18.5 Å². The Morgan fingerprint density at radius 3 is 2.79 bits per heavy atom. The summed E-state index contributed by atoms with van der Waals surface area (Å²) in [5.74, 6) is 1.93. The van der Waals surface area contributed by atoms with E-state index in [4.69, 9.17) is 4.52 Å². The minimum Gasteiger partial charge on any atom is -0.339 e. The molecule has 2 heterocycles.